The molecule has 1 N–H and O–H groups in total. The number of carbonyl (C=O) groups is 1. The highest BCUT2D eigenvalue weighted by molar-refractivity contribution is 9.10. The summed E-state index contributed by atoms with van der Waals surface area (Å²) in [6, 6.07) is 10.1. The lowest BCUT2D eigenvalue weighted by atomic mass is 9.96. The molecule has 0 spiro atoms. The summed E-state index contributed by atoms with van der Waals surface area (Å²) in [7, 11) is 6.21. The molecule has 1 aliphatic rings. The summed E-state index contributed by atoms with van der Waals surface area (Å²) in [6.07, 6.45) is 2.30. The Hall–Kier alpha value is -1.79. The van der Waals surface area contributed by atoms with Crippen LogP contribution in [0.3, 0.4) is 0 Å². The van der Waals surface area contributed by atoms with Gasteiger partial charge in [-0.15, -0.1) is 0 Å². The Kier molecular flexibility index (Phi) is 5.49. The fourth-order valence-corrected chi connectivity index (χ4v) is 3.63. The van der Waals surface area contributed by atoms with Crippen molar-refractivity contribution in [2.45, 2.75) is 18.9 Å². The van der Waals surface area contributed by atoms with E-state index in [0.717, 1.165) is 13.0 Å². The monoisotopic (exact) mass is 405 g/mol. The Balaban J connectivity index is 1.74. The first kappa shape index (κ1) is 18.0. The van der Waals surface area contributed by atoms with E-state index in [1.165, 1.54) is 23.2 Å². The minimum Gasteiger partial charge on any atom is -0.444 e. The number of rotatable bonds is 5. The first-order chi connectivity index (χ1) is 12.0. The molecule has 1 amide bonds. The predicted octanol–water partition coefficient (Wildman–Crippen LogP) is 3.46. The maximum absolute atomic E-state index is 12.2. The smallest absolute Gasteiger partial charge is 0.287 e. The van der Waals surface area contributed by atoms with E-state index in [9.17, 15) is 4.79 Å². The molecule has 0 radical (unpaired) electrons. The molecular formula is C19H24BrN3O2. The van der Waals surface area contributed by atoms with Crippen LogP contribution in [0.4, 0.5) is 5.69 Å². The van der Waals surface area contributed by atoms with Crippen molar-refractivity contribution < 1.29 is 9.21 Å². The van der Waals surface area contributed by atoms with Gasteiger partial charge in [0.25, 0.3) is 5.91 Å². The van der Waals surface area contributed by atoms with E-state index < -0.39 is 0 Å². The van der Waals surface area contributed by atoms with Crippen LogP contribution in [-0.4, -0.2) is 45.0 Å². The van der Waals surface area contributed by atoms with Crippen molar-refractivity contribution in [2.24, 2.45) is 0 Å². The second kappa shape index (κ2) is 7.62. The van der Waals surface area contributed by atoms with Crippen LogP contribution < -0.4 is 10.2 Å². The third-order valence-electron chi connectivity index (χ3n) is 4.72. The van der Waals surface area contributed by atoms with Gasteiger partial charge in [0.1, 0.15) is 0 Å². The predicted molar refractivity (Wildman–Crippen MR) is 103 cm³/mol. The van der Waals surface area contributed by atoms with E-state index in [4.69, 9.17) is 4.42 Å². The van der Waals surface area contributed by atoms with E-state index in [1.807, 2.05) is 14.1 Å². The molecule has 1 aliphatic heterocycles. The molecule has 6 heteroatoms. The average molecular weight is 406 g/mol. The van der Waals surface area contributed by atoms with Crippen LogP contribution in [0.5, 0.6) is 0 Å². The van der Waals surface area contributed by atoms with Crippen LogP contribution in [0.2, 0.25) is 0 Å². The zero-order chi connectivity index (χ0) is 18.0. The van der Waals surface area contributed by atoms with E-state index in [0.29, 0.717) is 17.0 Å². The van der Waals surface area contributed by atoms with Gasteiger partial charge in [-0.05, 0) is 72.2 Å². The Morgan fingerprint density at radius 1 is 1.36 bits per heavy atom. The van der Waals surface area contributed by atoms with Crippen molar-refractivity contribution in [2.75, 3.05) is 39.1 Å². The van der Waals surface area contributed by atoms with Crippen LogP contribution in [-0.2, 0) is 6.42 Å². The van der Waals surface area contributed by atoms with Crippen molar-refractivity contribution in [1.29, 1.82) is 0 Å². The van der Waals surface area contributed by atoms with Crippen molar-refractivity contribution >= 4 is 27.5 Å². The van der Waals surface area contributed by atoms with Crippen LogP contribution in [0.1, 0.15) is 34.1 Å². The molecule has 0 saturated heterocycles. The van der Waals surface area contributed by atoms with Gasteiger partial charge in [-0.1, -0.05) is 12.1 Å². The van der Waals surface area contributed by atoms with Gasteiger partial charge < -0.3 is 19.5 Å². The normalized spacial score (nSPS) is 15.2. The first-order valence-corrected chi connectivity index (χ1v) is 9.29. The summed E-state index contributed by atoms with van der Waals surface area (Å²) in [5.41, 5.74) is 3.93. The summed E-state index contributed by atoms with van der Waals surface area (Å²) in [5.74, 6) is 0.117. The number of furan rings is 1. The number of likely N-dealkylation sites (N-methyl/N-ethyl adjacent to an activating group) is 1. The molecular weight excluding hydrogens is 382 g/mol. The SMILES string of the molecule is CN1CCCc2cc([C@H](CNC(=O)c3ccc(Br)o3)N(C)C)ccc21. The number of fused-ring (bicyclic) bond motifs is 1. The number of halogens is 1. The van der Waals surface area contributed by atoms with E-state index in [1.54, 1.807) is 12.1 Å². The molecule has 3 rings (SSSR count). The molecule has 5 nitrogen and oxygen atoms in total. The highest BCUT2D eigenvalue weighted by Crippen LogP contribution is 2.30. The molecule has 2 heterocycles. The topological polar surface area (TPSA) is 48.7 Å². The van der Waals surface area contributed by atoms with Gasteiger partial charge in [-0.2, -0.15) is 0 Å². The summed E-state index contributed by atoms with van der Waals surface area (Å²) >= 11 is 3.22. The highest BCUT2D eigenvalue weighted by Gasteiger charge is 2.20. The molecule has 1 aromatic carbocycles. The van der Waals surface area contributed by atoms with Crippen LogP contribution in [0.15, 0.2) is 39.4 Å². The molecule has 0 unspecified atom stereocenters. The largest absolute Gasteiger partial charge is 0.444 e. The number of hydrogen-bond acceptors (Lipinski definition) is 4. The number of amides is 1. The quantitative estimate of drug-likeness (QED) is 0.827. The van der Waals surface area contributed by atoms with Crippen LogP contribution >= 0.6 is 15.9 Å². The van der Waals surface area contributed by atoms with Crippen molar-refractivity contribution in [3.05, 3.63) is 51.9 Å². The molecule has 0 bridgehead atoms. The van der Waals surface area contributed by atoms with E-state index >= 15 is 0 Å². The zero-order valence-corrected chi connectivity index (χ0v) is 16.5. The van der Waals surface area contributed by atoms with Gasteiger partial charge in [-0.25, -0.2) is 0 Å². The standard InChI is InChI=1S/C19H24BrN3O2/c1-22(2)16(12-21-19(24)17-8-9-18(20)25-17)14-6-7-15-13(11-14)5-4-10-23(15)3/h6-9,11,16H,4-5,10,12H2,1-3H3,(H,21,24)/t16-/m0/s1. The van der Waals surface area contributed by atoms with E-state index in [-0.39, 0.29) is 11.9 Å². The second-order valence-electron chi connectivity index (χ2n) is 6.71. The van der Waals surface area contributed by atoms with Crippen molar-refractivity contribution in [1.82, 2.24) is 10.2 Å². The minimum atomic E-state index is -0.199. The van der Waals surface area contributed by atoms with Crippen molar-refractivity contribution in [3.63, 3.8) is 0 Å². The fourth-order valence-electron chi connectivity index (χ4n) is 3.32. The maximum atomic E-state index is 12.2. The van der Waals surface area contributed by atoms with Gasteiger partial charge in [0.15, 0.2) is 10.4 Å². The Labute approximate surface area is 157 Å². The van der Waals surface area contributed by atoms with Gasteiger partial charge in [0.05, 0.1) is 6.04 Å². The first-order valence-electron chi connectivity index (χ1n) is 8.49. The molecule has 25 heavy (non-hydrogen) atoms. The fraction of sp³-hybridized carbons (Fsp3) is 0.421. The highest BCUT2D eigenvalue weighted by atomic mass is 79.9. The zero-order valence-electron chi connectivity index (χ0n) is 14.9. The number of benzene rings is 1. The molecule has 0 saturated carbocycles. The molecule has 134 valence electrons. The minimum absolute atomic E-state index is 0.111. The summed E-state index contributed by atoms with van der Waals surface area (Å²) < 4.78 is 5.87. The third-order valence-corrected chi connectivity index (χ3v) is 5.14. The molecule has 1 aromatic heterocycles. The third kappa shape index (κ3) is 4.07. The second-order valence-corrected chi connectivity index (χ2v) is 7.49. The summed E-state index contributed by atoms with van der Waals surface area (Å²) in [4.78, 5) is 16.7. The Bertz CT molecular complexity index is 757. The van der Waals surface area contributed by atoms with Crippen LogP contribution in [0.25, 0.3) is 0 Å². The number of carbonyl (C=O) groups excluding carboxylic acids is 1. The molecule has 0 aliphatic carbocycles. The van der Waals surface area contributed by atoms with Gasteiger partial charge >= 0.3 is 0 Å². The number of hydrogen-bond donors (Lipinski definition) is 1. The Morgan fingerprint density at radius 3 is 2.84 bits per heavy atom. The lowest BCUT2D eigenvalue weighted by Crippen LogP contribution is -2.34. The molecule has 2 aromatic rings. The summed E-state index contributed by atoms with van der Waals surface area (Å²) in [6.45, 7) is 1.64. The molecule has 0 fully saturated rings. The molecule has 1 atom stereocenters. The lowest BCUT2D eigenvalue weighted by Gasteiger charge is -2.30. The number of aryl methyl sites for hydroxylation is 1. The number of nitrogens with zero attached hydrogens (tertiary/aromatic N) is 2. The average Bonchev–Trinajstić information content (AvgIpc) is 3.01. The van der Waals surface area contributed by atoms with Gasteiger partial charge in [-0.3, -0.25) is 4.79 Å². The van der Waals surface area contributed by atoms with Crippen molar-refractivity contribution in [3.8, 4) is 0 Å². The lowest BCUT2D eigenvalue weighted by molar-refractivity contribution is 0.0913. The van der Waals surface area contributed by atoms with Gasteiger partial charge in [0.2, 0.25) is 0 Å². The van der Waals surface area contributed by atoms with Gasteiger partial charge in [0, 0.05) is 25.8 Å². The Morgan fingerprint density at radius 2 is 2.16 bits per heavy atom. The maximum Gasteiger partial charge on any atom is 0.287 e. The number of anilines is 1. The number of nitrogens with one attached hydrogen (secondary N) is 1. The van der Waals surface area contributed by atoms with Crippen LogP contribution in [0, 0.1) is 0 Å². The van der Waals surface area contributed by atoms with E-state index in [2.05, 4.69) is 56.3 Å². The summed E-state index contributed by atoms with van der Waals surface area (Å²) in [5, 5.41) is 2.98.